The zero-order valence-electron chi connectivity index (χ0n) is 8.86. The number of halogens is 4. The summed E-state index contributed by atoms with van der Waals surface area (Å²) in [4.78, 5) is 11.1. The van der Waals surface area contributed by atoms with Crippen LogP contribution in [0.25, 0.3) is 0 Å². The number of anilines is 1. The van der Waals surface area contributed by atoms with Gasteiger partial charge in [0, 0.05) is 10.7 Å². The molecule has 0 aliphatic heterocycles. The molecule has 0 heterocycles. The fourth-order valence-electron chi connectivity index (χ4n) is 1.11. The predicted octanol–water partition coefficient (Wildman–Crippen LogP) is 3.33. The second-order valence-corrected chi connectivity index (χ2v) is 3.82. The van der Waals surface area contributed by atoms with Gasteiger partial charge in [0.1, 0.15) is 6.54 Å². The fraction of sp³-hybridized carbons (Fsp3) is 0.300. The molecule has 17 heavy (non-hydrogen) atoms. The number of hydrogen-bond acceptors (Lipinski definition) is 1. The molecule has 3 nitrogen and oxygen atoms in total. The van der Waals surface area contributed by atoms with Crippen LogP contribution in [0.5, 0.6) is 0 Å². The molecule has 2 amide bonds. The summed E-state index contributed by atoms with van der Waals surface area (Å²) in [6, 6.07) is 3.74. The lowest BCUT2D eigenvalue weighted by atomic mass is 10.2. The van der Waals surface area contributed by atoms with Gasteiger partial charge in [-0.1, -0.05) is 11.6 Å². The van der Waals surface area contributed by atoms with Crippen molar-refractivity contribution in [3.63, 3.8) is 0 Å². The van der Waals surface area contributed by atoms with E-state index in [2.05, 4.69) is 5.32 Å². The van der Waals surface area contributed by atoms with Gasteiger partial charge in [0.05, 0.1) is 0 Å². The number of aryl methyl sites for hydroxylation is 1. The first-order valence-corrected chi connectivity index (χ1v) is 5.03. The zero-order chi connectivity index (χ0) is 13.1. The highest BCUT2D eigenvalue weighted by Gasteiger charge is 2.27. The summed E-state index contributed by atoms with van der Waals surface area (Å²) < 4.78 is 35.5. The lowest BCUT2D eigenvalue weighted by Gasteiger charge is -2.11. The molecule has 1 aromatic rings. The van der Waals surface area contributed by atoms with Crippen molar-refractivity contribution in [3.8, 4) is 0 Å². The summed E-state index contributed by atoms with van der Waals surface area (Å²) in [7, 11) is 0. The van der Waals surface area contributed by atoms with Crippen molar-refractivity contribution in [2.24, 2.45) is 0 Å². The summed E-state index contributed by atoms with van der Waals surface area (Å²) in [5.74, 6) is 0. The molecule has 0 atom stereocenters. The summed E-state index contributed by atoms with van der Waals surface area (Å²) in [6.45, 7) is 0.316. The van der Waals surface area contributed by atoms with E-state index < -0.39 is 18.8 Å². The molecule has 0 spiro atoms. The van der Waals surface area contributed by atoms with E-state index in [9.17, 15) is 18.0 Å². The number of urea groups is 1. The van der Waals surface area contributed by atoms with Crippen molar-refractivity contribution in [2.45, 2.75) is 13.1 Å². The van der Waals surface area contributed by atoms with E-state index in [0.29, 0.717) is 16.3 Å². The van der Waals surface area contributed by atoms with Gasteiger partial charge in [-0.2, -0.15) is 13.2 Å². The Labute approximate surface area is 101 Å². The van der Waals surface area contributed by atoms with E-state index in [0.717, 1.165) is 0 Å². The Morgan fingerprint density at radius 3 is 2.59 bits per heavy atom. The first-order chi connectivity index (χ1) is 7.78. The maximum absolute atomic E-state index is 11.8. The number of nitrogens with one attached hydrogen (secondary N) is 2. The topological polar surface area (TPSA) is 41.1 Å². The molecule has 1 rings (SSSR count). The van der Waals surface area contributed by atoms with Crippen molar-refractivity contribution in [1.82, 2.24) is 5.32 Å². The van der Waals surface area contributed by atoms with Gasteiger partial charge in [-0.15, -0.1) is 0 Å². The first kappa shape index (κ1) is 13.6. The highest BCUT2D eigenvalue weighted by Crippen LogP contribution is 2.19. The average Bonchev–Trinajstić information content (AvgIpc) is 2.18. The number of hydrogen-bond donors (Lipinski definition) is 2. The van der Waals surface area contributed by atoms with Crippen LogP contribution in [-0.2, 0) is 0 Å². The van der Waals surface area contributed by atoms with E-state index in [1.54, 1.807) is 18.3 Å². The second kappa shape index (κ2) is 5.27. The van der Waals surface area contributed by atoms with Gasteiger partial charge in [-0.3, -0.25) is 0 Å². The van der Waals surface area contributed by atoms with E-state index in [1.807, 2.05) is 0 Å². The SMILES string of the molecule is Cc1cc(Cl)ccc1NC(=O)NCC(F)(F)F. The summed E-state index contributed by atoms with van der Waals surface area (Å²) in [5.41, 5.74) is 1.08. The minimum absolute atomic E-state index is 0.411. The number of alkyl halides is 3. The first-order valence-electron chi connectivity index (χ1n) is 4.66. The largest absolute Gasteiger partial charge is 0.405 e. The number of carbonyl (C=O) groups excluding carboxylic acids is 1. The Morgan fingerprint density at radius 1 is 1.41 bits per heavy atom. The Morgan fingerprint density at radius 2 is 2.06 bits per heavy atom. The van der Waals surface area contributed by atoms with E-state index in [-0.39, 0.29) is 0 Å². The third-order valence-electron chi connectivity index (χ3n) is 1.89. The molecular formula is C10H10ClF3N2O. The van der Waals surface area contributed by atoms with Crippen molar-refractivity contribution in [3.05, 3.63) is 28.8 Å². The molecule has 94 valence electrons. The molecule has 2 N–H and O–H groups in total. The summed E-state index contributed by atoms with van der Waals surface area (Å²) in [6.07, 6.45) is -4.42. The maximum Gasteiger partial charge on any atom is 0.405 e. The van der Waals surface area contributed by atoms with Gasteiger partial charge in [-0.25, -0.2) is 4.79 Å². The lowest BCUT2D eigenvalue weighted by molar-refractivity contribution is -0.122. The Kier molecular flexibility index (Phi) is 4.22. The predicted molar refractivity (Wildman–Crippen MR) is 59.3 cm³/mol. The summed E-state index contributed by atoms with van der Waals surface area (Å²) >= 11 is 5.70. The van der Waals surface area contributed by atoms with Crippen LogP contribution in [0.2, 0.25) is 5.02 Å². The van der Waals surface area contributed by atoms with Gasteiger partial charge in [0.25, 0.3) is 0 Å². The molecule has 7 heteroatoms. The van der Waals surface area contributed by atoms with Gasteiger partial charge in [0.2, 0.25) is 0 Å². The van der Waals surface area contributed by atoms with Crippen LogP contribution >= 0.6 is 11.6 Å². The fourth-order valence-corrected chi connectivity index (χ4v) is 1.34. The molecule has 0 fully saturated rings. The highest BCUT2D eigenvalue weighted by atomic mass is 35.5. The monoisotopic (exact) mass is 266 g/mol. The summed E-state index contributed by atoms with van der Waals surface area (Å²) in [5, 5.41) is 4.50. The zero-order valence-corrected chi connectivity index (χ0v) is 9.62. The molecule has 0 saturated heterocycles. The van der Waals surface area contributed by atoms with Gasteiger partial charge in [-0.05, 0) is 30.7 Å². The molecule has 0 bridgehead atoms. The Hall–Kier alpha value is -1.43. The minimum Gasteiger partial charge on any atom is -0.329 e. The van der Waals surface area contributed by atoms with Gasteiger partial charge < -0.3 is 10.6 Å². The number of carbonyl (C=O) groups is 1. The second-order valence-electron chi connectivity index (χ2n) is 3.38. The van der Waals surface area contributed by atoms with E-state index in [1.165, 1.54) is 12.1 Å². The van der Waals surface area contributed by atoms with Crippen LogP contribution < -0.4 is 10.6 Å². The quantitative estimate of drug-likeness (QED) is 0.847. The molecule has 0 aliphatic carbocycles. The van der Waals surface area contributed by atoms with Crippen LogP contribution in [0.15, 0.2) is 18.2 Å². The third-order valence-corrected chi connectivity index (χ3v) is 2.12. The molecule has 1 aromatic carbocycles. The highest BCUT2D eigenvalue weighted by molar-refractivity contribution is 6.30. The van der Waals surface area contributed by atoms with Crippen LogP contribution in [0, 0.1) is 6.92 Å². The van der Waals surface area contributed by atoms with Crippen LogP contribution in [-0.4, -0.2) is 18.8 Å². The number of rotatable bonds is 2. The number of benzene rings is 1. The van der Waals surface area contributed by atoms with Gasteiger partial charge >= 0.3 is 12.2 Å². The molecule has 0 saturated carbocycles. The van der Waals surface area contributed by atoms with Crippen LogP contribution in [0.3, 0.4) is 0 Å². The van der Waals surface area contributed by atoms with Crippen LogP contribution in [0.4, 0.5) is 23.7 Å². The van der Waals surface area contributed by atoms with Crippen molar-refractivity contribution >= 4 is 23.3 Å². The molecule has 0 aromatic heterocycles. The van der Waals surface area contributed by atoms with E-state index >= 15 is 0 Å². The smallest absolute Gasteiger partial charge is 0.329 e. The minimum atomic E-state index is -4.42. The normalized spacial score (nSPS) is 11.1. The maximum atomic E-state index is 11.8. The average molecular weight is 267 g/mol. The van der Waals surface area contributed by atoms with Crippen molar-refractivity contribution in [1.29, 1.82) is 0 Å². The number of amides is 2. The standard InChI is InChI=1S/C10H10ClF3N2O/c1-6-4-7(11)2-3-8(6)16-9(17)15-5-10(12,13)14/h2-4H,5H2,1H3,(H2,15,16,17). The molecule has 0 radical (unpaired) electrons. The van der Waals surface area contributed by atoms with Crippen molar-refractivity contribution in [2.75, 3.05) is 11.9 Å². The molecule has 0 unspecified atom stereocenters. The van der Waals surface area contributed by atoms with Crippen LogP contribution in [0.1, 0.15) is 5.56 Å². The van der Waals surface area contributed by atoms with Gasteiger partial charge in [0.15, 0.2) is 0 Å². The Bertz CT molecular complexity index is 421. The van der Waals surface area contributed by atoms with E-state index in [4.69, 9.17) is 11.6 Å². The Balaban J connectivity index is 2.57. The van der Waals surface area contributed by atoms with Crippen molar-refractivity contribution < 1.29 is 18.0 Å². The molecule has 0 aliphatic rings. The lowest BCUT2D eigenvalue weighted by Crippen LogP contribution is -2.36. The third kappa shape index (κ3) is 4.95. The molecular weight excluding hydrogens is 257 g/mol.